The van der Waals surface area contributed by atoms with Gasteiger partial charge in [-0.25, -0.2) is 4.79 Å². The number of primary amides is 1. The Morgan fingerprint density at radius 1 is 1.39 bits per heavy atom. The second-order valence-corrected chi connectivity index (χ2v) is 5.73. The number of hydrogen-bond acceptors (Lipinski definition) is 7. The number of amides is 1. The van der Waals surface area contributed by atoms with Crippen LogP contribution in [0.2, 0.25) is 0 Å². The molecule has 1 amide bonds. The van der Waals surface area contributed by atoms with E-state index in [0.29, 0.717) is 12.0 Å². The third-order valence-electron chi connectivity index (χ3n) is 2.60. The van der Waals surface area contributed by atoms with Crippen LogP contribution in [0.15, 0.2) is 16.8 Å². The summed E-state index contributed by atoms with van der Waals surface area (Å²) in [4.78, 5) is 37.8. The van der Waals surface area contributed by atoms with E-state index in [1.54, 1.807) is 27.7 Å². The van der Waals surface area contributed by atoms with Gasteiger partial charge >= 0.3 is 5.97 Å². The van der Waals surface area contributed by atoms with E-state index in [2.05, 4.69) is 5.16 Å². The predicted molar refractivity (Wildman–Crippen MR) is 83.3 cm³/mol. The van der Waals surface area contributed by atoms with Crippen LogP contribution in [0.3, 0.4) is 0 Å². The molecule has 9 nitrogen and oxygen atoms in total. The van der Waals surface area contributed by atoms with Crippen LogP contribution in [0.25, 0.3) is 0 Å². The van der Waals surface area contributed by atoms with Crippen molar-refractivity contribution in [2.75, 3.05) is 6.61 Å². The Morgan fingerprint density at radius 2 is 1.96 bits per heavy atom. The minimum absolute atomic E-state index is 0.306. The number of nitro groups is 1. The molecule has 0 aromatic carbocycles. The van der Waals surface area contributed by atoms with Crippen LogP contribution >= 0.6 is 0 Å². The second-order valence-electron chi connectivity index (χ2n) is 5.73. The lowest BCUT2D eigenvalue weighted by atomic mass is 10.0. The van der Waals surface area contributed by atoms with Gasteiger partial charge in [0.25, 0.3) is 5.91 Å². The number of oxime groups is 1. The van der Waals surface area contributed by atoms with Crippen LogP contribution in [0, 0.1) is 10.1 Å². The molecule has 2 N–H and O–H groups in total. The molecule has 0 aliphatic rings. The molecule has 9 heteroatoms. The number of esters is 1. The molecule has 0 aliphatic heterocycles. The van der Waals surface area contributed by atoms with Crippen molar-refractivity contribution >= 4 is 17.6 Å². The van der Waals surface area contributed by atoms with E-state index < -0.39 is 35.0 Å². The van der Waals surface area contributed by atoms with Crippen molar-refractivity contribution in [2.24, 2.45) is 10.9 Å². The smallest absolute Gasteiger partial charge is 0.347 e. The summed E-state index contributed by atoms with van der Waals surface area (Å²) in [5.41, 5.74) is 4.53. The number of hydrogen-bond donors (Lipinski definition) is 1. The summed E-state index contributed by atoms with van der Waals surface area (Å²) in [5.74, 6) is -1.58. The quantitative estimate of drug-likeness (QED) is 0.307. The Balaban J connectivity index is 5.01. The third kappa shape index (κ3) is 8.54. The summed E-state index contributed by atoms with van der Waals surface area (Å²) < 4.78 is 5.00. The standard InChI is InChI=1S/C14H23N3O6/c1-6-10(9(2)17(20)21)7-11(13(15)19)16-22-8-12(18)23-14(3,4)5/h7,9H,6,8H2,1-5H3,(H2,15,19)/b10-7+,16-11-. The maximum Gasteiger partial charge on any atom is 0.347 e. The summed E-state index contributed by atoms with van der Waals surface area (Å²) >= 11 is 0. The Kier molecular flexibility index (Phi) is 7.92. The number of carbonyl (C=O) groups is 2. The first-order chi connectivity index (χ1) is 10.5. The van der Waals surface area contributed by atoms with Gasteiger partial charge < -0.3 is 15.3 Å². The fourth-order valence-electron chi connectivity index (χ4n) is 1.50. The number of ether oxygens (including phenoxy) is 1. The van der Waals surface area contributed by atoms with Gasteiger partial charge in [-0.2, -0.15) is 0 Å². The predicted octanol–water partition coefficient (Wildman–Crippen LogP) is 1.19. The highest BCUT2D eigenvalue weighted by Gasteiger charge is 2.20. The van der Waals surface area contributed by atoms with Crippen molar-refractivity contribution in [3.05, 3.63) is 21.8 Å². The average molecular weight is 329 g/mol. The van der Waals surface area contributed by atoms with Crippen molar-refractivity contribution in [3.8, 4) is 0 Å². The highest BCUT2D eigenvalue weighted by atomic mass is 16.7. The molecule has 23 heavy (non-hydrogen) atoms. The Hall–Kier alpha value is -2.45. The Morgan fingerprint density at radius 3 is 2.35 bits per heavy atom. The lowest BCUT2D eigenvalue weighted by molar-refractivity contribution is -0.507. The maximum atomic E-state index is 11.4. The molecule has 0 bridgehead atoms. The molecule has 0 aromatic rings. The van der Waals surface area contributed by atoms with Gasteiger partial charge in [0.05, 0.1) is 0 Å². The molecule has 0 fully saturated rings. The van der Waals surface area contributed by atoms with Crippen molar-refractivity contribution in [1.82, 2.24) is 0 Å². The monoisotopic (exact) mass is 329 g/mol. The first-order valence-electron chi connectivity index (χ1n) is 7.03. The molecule has 0 heterocycles. The van der Waals surface area contributed by atoms with Crippen LogP contribution in [0.5, 0.6) is 0 Å². The zero-order valence-corrected chi connectivity index (χ0v) is 14.0. The van der Waals surface area contributed by atoms with Crippen LogP contribution < -0.4 is 5.73 Å². The van der Waals surface area contributed by atoms with E-state index in [4.69, 9.17) is 15.3 Å². The normalized spacial score (nSPS) is 14.1. The number of rotatable bonds is 8. The molecule has 0 saturated heterocycles. The van der Waals surface area contributed by atoms with Crippen molar-refractivity contribution < 1.29 is 24.1 Å². The average Bonchev–Trinajstić information content (AvgIpc) is 2.39. The van der Waals surface area contributed by atoms with Gasteiger partial charge in [-0.15, -0.1) is 0 Å². The number of carbonyl (C=O) groups excluding carboxylic acids is 2. The van der Waals surface area contributed by atoms with Crippen LogP contribution in [-0.2, 0) is 19.2 Å². The molecular formula is C14H23N3O6. The van der Waals surface area contributed by atoms with E-state index in [-0.39, 0.29) is 5.71 Å². The zero-order valence-electron chi connectivity index (χ0n) is 14.0. The van der Waals surface area contributed by atoms with E-state index in [1.165, 1.54) is 13.0 Å². The minimum atomic E-state index is -0.990. The van der Waals surface area contributed by atoms with Crippen LogP contribution in [0.4, 0.5) is 0 Å². The summed E-state index contributed by atoms with van der Waals surface area (Å²) in [7, 11) is 0. The highest BCUT2D eigenvalue weighted by molar-refractivity contribution is 6.42. The molecule has 0 saturated carbocycles. The Labute approximate surface area is 134 Å². The minimum Gasteiger partial charge on any atom is -0.457 e. The first kappa shape index (κ1) is 20.6. The molecule has 0 aromatic heterocycles. The van der Waals surface area contributed by atoms with E-state index in [9.17, 15) is 19.7 Å². The van der Waals surface area contributed by atoms with Gasteiger partial charge in [0.1, 0.15) is 5.60 Å². The first-order valence-corrected chi connectivity index (χ1v) is 7.03. The van der Waals surface area contributed by atoms with Gasteiger partial charge in [0.2, 0.25) is 12.6 Å². The highest BCUT2D eigenvalue weighted by Crippen LogP contribution is 2.11. The van der Waals surface area contributed by atoms with E-state index in [0.717, 1.165) is 0 Å². The summed E-state index contributed by atoms with van der Waals surface area (Å²) in [6, 6.07) is -0.990. The molecular weight excluding hydrogens is 306 g/mol. The van der Waals surface area contributed by atoms with Crippen molar-refractivity contribution in [2.45, 2.75) is 52.7 Å². The van der Waals surface area contributed by atoms with Gasteiger partial charge in [-0.1, -0.05) is 12.1 Å². The van der Waals surface area contributed by atoms with Crippen LogP contribution in [-0.4, -0.2) is 40.8 Å². The lowest BCUT2D eigenvalue weighted by Gasteiger charge is -2.18. The molecule has 1 atom stereocenters. The molecule has 0 radical (unpaired) electrons. The van der Waals surface area contributed by atoms with Gasteiger partial charge in [-0.05, 0) is 33.3 Å². The zero-order chi connectivity index (χ0) is 18.2. The van der Waals surface area contributed by atoms with Crippen molar-refractivity contribution in [3.63, 3.8) is 0 Å². The molecule has 0 spiro atoms. The fraction of sp³-hybridized carbons (Fsp3) is 0.643. The topological polar surface area (TPSA) is 134 Å². The summed E-state index contributed by atoms with van der Waals surface area (Å²) in [6.45, 7) is 7.66. The lowest BCUT2D eigenvalue weighted by Crippen LogP contribution is -2.27. The maximum absolute atomic E-state index is 11.4. The van der Waals surface area contributed by atoms with Crippen LogP contribution in [0.1, 0.15) is 41.0 Å². The van der Waals surface area contributed by atoms with E-state index >= 15 is 0 Å². The molecule has 1 unspecified atom stereocenters. The largest absolute Gasteiger partial charge is 0.457 e. The SMILES string of the molecule is CC/C(=C\C(=N\OCC(=O)OC(C)(C)C)C(N)=O)C(C)[N+](=O)[O-]. The molecule has 0 aliphatic carbocycles. The van der Waals surface area contributed by atoms with Crippen molar-refractivity contribution in [1.29, 1.82) is 0 Å². The Bertz CT molecular complexity index is 519. The third-order valence-corrected chi connectivity index (χ3v) is 2.60. The molecule has 130 valence electrons. The number of nitrogens with two attached hydrogens (primary N) is 1. The molecule has 0 rings (SSSR count). The fourth-order valence-corrected chi connectivity index (χ4v) is 1.50. The summed E-state index contributed by atoms with van der Waals surface area (Å²) in [6.07, 6.45) is 1.53. The summed E-state index contributed by atoms with van der Waals surface area (Å²) in [5, 5.41) is 14.3. The number of nitrogens with zero attached hydrogens (tertiary/aromatic N) is 2. The van der Waals surface area contributed by atoms with Gasteiger partial charge in [-0.3, -0.25) is 14.9 Å². The van der Waals surface area contributed by atoms with E-state index in [1.807, 2.05) is 0 Å². The van der Waals surface area contributed by atoms with Gasteiger partial charge in [0, 0.05) is 17.4 Å². The van der Waals surface area contributed by atoms with Gasteiger partial charge in [0.15, 0.2) is 5.71 Å². The second kappa shape index (κ2) is 8.86.